The number of ether oxygens (including phenoxy) is 1. The Balaban J connectivity index is 1.90. The Morgan fingerprint density at radius 2 is 1.81 bits per heavy atom. The Morgan fingerprint density at radius 3 is 2.48 bits per heavy atom. The van der Waals surface area contributed by atoms with Gasteiger partial charge in [0, 0.05) is 11.4 Å². The van der Waals surface area contributed by atoms with E-state index in [0.717, 1.165) is 12.2 Å². The first-order valence-corrected chi connectivity index (χ1v) is 6.74. The number of hydrogen-bond donors (Lipinski definition) is 2. The molecular weight excluding hydrogens is 271 g/mol. The average molecular weight is 288 g/mol. The van der Waals surface area contributed by atoms with Crippen molar-refractivity contribution in [2.45, 2.75) is 13.3 Å². The number of halogens is 1. The molecule has 2 aromatic carbocycles. The second kappa shape index (κ2) is 7.28. The van der Waals surface area contributed by atoms with Crippen molar-refractivity contribution in [2.75, 3.05) is 17.2 Å². The molecule has 0 aliphatic heterocycles. The molecule has 0 unspecified atom stereocenters. The number of urea groups is 1. The number of nitrogens with one attached hydrogen (secondary N) is 2. The molecule has 0 aliphatic rings. The minimum absolute atomic E-state index is 0.398. The van der Waals surface area contributed by atoms with E-state index < -0.39 is 11.8 Å². The molecule has 0 spiro atoms. The predicted octanol–water partition coefficient (Wildman–Crippen LogP) is 4.26. The number of amides is 2. The van der Waals surface area contributed by atoms with Crippen LogP contribution in [0.2, 0.25) is 0 Å². The van der Waals surface area contributed by atoms with Crippen molar-refractivity contribution in [2.24, 2.45) is 0 Å². The third-order valence-electron chi connectivity index (χ3n) is 2.67. The van der Waals surface area contributed by atoms with Gasteiger partial charge in [0.15, 0.2) is 0 Å². The SMILES string of the molecule is CCCOc1ccc(NC(=O)Nc2cccc(F)c2)cc1. The second-order valence-electron chi connectivity index (χ2n) is 4.46. The number of anilines is 2. The summed E-state index contributed by atoms with van der Waals surface area (Å²) in [5.41, 5.74) is 1.03. The lowest BCUT2D eigenvalue weighted by Gasteiger charge is -2.09. The quantitative estimate of drug-likeness (QED) is 0.863. The second-order valence-corrected chi connectivity index (χ2v) is 4.46. The molecule has 0 fully saturated rings. The van der Waals surface area contributed by atoms with Crippen LogP contribution in [0.25, 0.3) is 0 Å². The summed E-state index contributed by atoms with van der Waals surface area (Å²) in [6, 6.07) is 12.4. The van der Waals surface area contributed by atoms with Gasteiger partial charge in [0.25, 0.3) is 0 Å². The fraction of sp³-hybridized carbons (Fsp3) is 0.188. The van der Waals surface area contributed by atoms with Gasteiger partial charge in [-0.1, -0.05) is 13.0 Å². The Kier molecular flexibility index (Phi) is 5.15. The van der Waals surface area contributed by atoms with Crippen molar-refractivity contribution in [3.63, 3.8) is 0 Å². The molecule has 0 heterocycles. The van der Waals surface area contributed by atoms with Crippen LogP contribution < -0.4 is 15.4 Å². The Hall–Kier alpha value is -2.56. The smallest absolute Gasteiger partial charge is 0.323 e. The van der Waals surface area contributed by atoms with Gasteiger partial charge >= 0.3 is 6.03 Å². The minimum Gasteiger partial charge on any atom is -0.494 e. The average Bonchev–Trinajstić information content (AvgIpc) is 2.46. The van der Waals surface area contributed by atoms with E-state index in [1.54, 1.807) is 30.3 Å². The van der Waals surface area contributed by atoms with E-state index in [4.69, 9.17) is 4.74 Å². The van der Waals surface area contributed by atoms with E-state index in [0.29, 0.717) is 18.0 Å². The van der Waals surface area contributed by atoms with Crippen LogP contribution >= 0.6 is 0 Å². The molecule has 0 atom stereocenters. The van der Waals surface area contributed by atoms with E-state index in [1.807, 2.05) is 6.92 Å². The summed E-state index contributed by atoms with van der Waals surface area (Å²) in [4.78, 5) is 11.8. The Morgan fingerprint density at radius 1 is 1.10 bits per heavy atom. The van der Waals surface area contributed by atoms with Crippen molar-refractivity contribution in [3.05, 3.63) is 54.3 Å². The lowest BCUT2D eigenvalue weighted by molar-refractivity contribution is 0.262. The maximum Gasteiger partial charge on any atom is 0.323 e. The lowest BCUT2D eigenvalue weighted by atomic mass is 10.3. The topological polar surface area (TPSA) is 50.4 Å². The standard InChI is InChI=1S/C16H17FN2O2/c1-2-10-21-15-8-6-13(7-9-15)18-16(20)19-14-5-3-4-12(17)11-14/h3-9,11H,2,10H2,1H3,(H2,18,19,20). The summed E-state index contributed by atoms with van der Waals surface area (Å²) in [7, 11) is 0. The normalized spacial score (nSPS) is 10.0. The van der Waals surface area contributed by atoms with E-state index in [1.165, 1.54) is 18.2 Å². The van der Waals surface area contributed by atoms with Crippen LogP contribution in [-0.4, -0.2) is 12.6 Å². The van der Waals surface area contributed by atoms with E-state index >= 15 is 0 Å². The molecule has 2 rings (SSSR count). The van der Waals surface area contributed by atoms with Gasteiger partial charge in [0.2, 0.25) is 0 Å². The molecule has 0 aliphatic carbocycles. The molecule has 4 nitrogen and oxygen atoms in total. The molecule has 0 aromatic heterocycles. The van der Waals surface area contributed by atoms with E-state index in [-0.39, 0.29) is 0 Å². The summed E-state index contributed by atoms with van der Waals surface area (Å²) in [6.45, 7) is 2.69. The largest absolute Gasteiger partial charge is 0.494 e. The molecule has 0 radical (unpaired) electrons. The van der Waals surface area contributed by atoms with Crippen LogP contribution in [0.3, 0.4) is 0 Å². The van der Waals surface area contributed by atoms with Crippen molar-refractivity contribution in [1.82, 2.24) is 0 Å². The van der Waals surface area contributed by atoms with Gasteiger partial charge in [-0.15, -0.1) is 0 Å². The maximum absolute atomic E-state index is 13.0. The molecular formula is C16H17FN2O2. The van der Waals surface area contributed by atoms with Gasteiger partial charge in [0.1, 0.15) is 11.6 Å². The van der Waals surface area contributed by atoms with Gasteiger partial charge in [-0.3, -0.25) is 0 Å². The molecule has 2 N–H and O–H groups in total. The fourth-order valence-electron chi connectivity index (χ4n) is 1.71. The molecule has 5 heteroatoms. The molecule has 0 saturated carbocycles. The van der Waals surface area contributed by atoms with Crippen LogP contribution in [0.5, 0.6) is 5.75 Å². The summed E-state index contributed by atoms with van der Waals surface area (Å²) in [6.07, 6.45) is 0.941. The molecule has 2 amide bonds. The predicted molar refractivity (Wildman–Crippen MR) is 81.3 cm³/mol. The summed E-state index contributed by atoms with van der Waals surface area (Å²) >= 11 is 0. The van der Waals surface area contributed by atoms with Crippen LogP contribution in [0.4, 0.5) is 20.6 Å². The fourth-order valence-corrected chi connectivity index (χ4v) is 1.71. The van der Waals surface area contributed by atoms with Crippen LogP contribution in [0, 0.1) is 5.82 Å². The molecule has 0 saturated heterocycles. The maximum atomic E-state index is 13.0. The van der Waals surface area contributed by atoms with Crippen LogP contribution in [-0.2, 0) is 0 Å². The van der Waals surface area contributed by atoms with Gasteiger partial charge in [-0.05, 0) is 48.9 Å². The number of benzene rings is 2. The number of carbonyl (C=O) groups excluding carboxylic acids is 1. The first kappa shape index (κ1) is 14.8. The Labute approximate surface area is 122 Å². The zero-order valence-corrected chi connectivity index (χ0v) is 11.7. The van der Waals surface area contributed by atoms with Crippen molar-refractivity contribution in [3.8, 4) is 5.75 Å². The first-order chi connectivity index (χ1) is 10.2. The number of hydrogen-bond acceptors (Lipinski definition) is 2. The zero-order valence-electron chi connectivity index (χ0n) is 11.7. The molecule has 2 aromatic rings. The summed E-state index contributed by atoms with van der Waals surface area (Å²) in [5.74, 6) is 0.359. The summed E-state index contributed by atoms with van der Waals surface area (Å²) < 4.78 is 18.5. The number of rotatable bonds is 5. The van der Waals surface area contributed by atoms with E-state index in [9.17, 15) is 9.18 Å². The van der Waals surface area contributed by atoms with E-state index in [2.05, 4.69) is 10.6 Å². The van der Waals surface area contributed by atoms with Gasteiger partial charge in [-0.2, -0.15) is 0 Å². The van der Waals surface area contributed by atoms with Crippen molar-refractivity contribution >= 4 is 17.4 Å². The lowest BCUT2D eigenvalue weighted by Crippen LogP contribution is -2.19. The molecule has 21 heavy (non-hydrogen) atoms. The Bertz CT molecular complexity index is 599. The van der Waals surface area contributed by atoms with Crippen molar-refractivity contribution in [1.29, 1.82) is 0 Å². The highest BCUT2D eigenvalue weighted by molar-refractivity contribution is 5.99. The number of carbonyl (C=O) groups is 1. The molecule has 0 bridgehead atoms. The highest BCUT2D eigenvalue weighted by Crippen LogP contribution is 2.16. The highest BCUT2D eigenvalue weighted by Gasteiger charge is 2.03. The first-order valence-electron chi connectivity index (χ1n) is 6.74. The van der Waals surface area contributed by atoms with Crippen LogP contribution in [0.15, 0.2) is 48.5 Å². The molecule has 110 valence electrons. The third-order valence-corrected chi connectivity index (χ3v) is 2.67. The van der Waals surface area contributed by atoms with Gasteiger partial charge < -0.3 is 15.4 Å². The van der Waals surface area contributed by atoms with Crippen LogP contribution in [0.1, 0.15) is 13.3 Å². The van der Waals surface area contributed by atoms with Crippen molar-refractivity contribution < 1.29 is 13.9 Å². The van der Waals surface area contributed by atoms with Gasteiger partial charge in [0.05, 0.1) is 6.61 Å². The third kappa shape index (κ3) is 4.80. The summed E-state index contributed by atoms with van der Waals surface area (Å²) in [5, 5.41) is 5.22. The highest BCUT2D eigenvalue weighted by atomic mass is 19.1. The minimum atomic E-state index is -0.428. The monoisotopic (exact) mass is 288 g/mol. The van der Waals surface area contributed by atoms with Gasteiger partial charge in [-0.25, -0.2) is 9.18 Å². The zero-order chi connectivity index (χ0) is 15.1.